The van der Waals surface area contributed by atoms with Crippen LogP contribution in [0.15, 0.2) is 18.2 Å². The van der Waals surface area contributed by atoms with E-state index < -0.39 is 29.0 Å². The van der Waals surface area contributed by atoms with Crippen molar-refractivity contribution in [2.75, 3.05) is 11.9 Å². The lowest BCUT2D eigenvalue weighted by Crippen LogP contribution is -2.46. The average molecular weight is 326 g/mol. The Balaban J connectivity index is 1.88. The fraction of sp³-hybridized carbons (Fsp3) is 0.500. The molecule has 0 aromatic heterocycles. The van der Waals surface area contributed by atoms with Crippen molar-refractivity contribution in [1.82, 2.24) is 5.32 Å². The molecule has 7 heteroatoms. The number of nitrogens with one attached hydrogen (secondary N) is 2. The van der Waals surface area contributed by atoms with Crippen LogP contribution in [0.25, 0.3) is 0 Å². The SMILES string of the molecule is O=C(NCC1(O)CCCCCC1)C(=O)Nc1ccc(F)cc1F. The van der Waals surface area contributed by atoms with Gasteiger partial charge in [-0.3, -0.25) is 9.59 Å². The first-order chi connectivity index (χ1) is 10.9. The smallest absolute Gasteiger partial charge is 0.313 e. The molecule has 1 aromatic rings. The Morgan fingerprint density at radius 3 is 2.35 bits per heavy atom. The molecule has 0 saturated heterocycles. The van der Waals surface area contributed by atoms with Crippen molar-refractivity contribution < 1.29 is 23.5 Å². The monoisotopic (exact) mass is 326 g/mol. The minimum atomic E-state index is -1.06. The molecule has 0 atom stereocenters. The molecule has 2 amide bonds. The van der Waals surface area contributed by atoms with Crippen molar-refractivity contribution in [1.29, 1.82) is 0 Å². The Kier molecular flexibility index (Phi) is 5.65. The summed E-state index contributed by atoms with van der Waals surface area (Å²) >= 11 is 0. The van der Waals surface area contributed by atoms with E-state index in [1.807, 2.05) is 0 Å². The molecule has 0 aliphatic heterocycles. The maximum absolute atomic E-state index is 13.4. The highest BCUT2D eigenvalue weighted by Gasteiger charge is 2.29. The summed E-state index contributed by atoms with van der Waals surface area (Å²) in [6.07, 6.45) is 4.98. The topological polar surface area (TPSA) is 78.4 Å². The molecule has 0 radical (unpaired) electrons. The second kappa shape index (κ2) is 7.50. The number of halogens is 2. The number of carbonyl (C=O) groups is 2. The van der Waals surface area contributed by atoms with E-state index >= 15 is 0 Å². The predicted molar refractivity (Wildman–Crippen MR) is 80.6 cm³/mol. The van der Waals surface area contributed by atoms with Crippen LogP contribution in [0.2, 0.25) is 0 Å². The van der Waals surface area contributed by atoms with Gasteiger partial charge in [-0.2, -0.15) is 0 Å². The van der Waals surface area contributed by atoms with Crippen LogP contribution >= 0.6 is 0 Å². The van der Waals surface area contributed by atoms with E-state index in [2.05, 4.69) is 10.6 Å². The van der Waals surface area contributed by atoms with Crippen LogP contribution < -0.4 is 10.6 Å². The maximum atomic E-state index is 13.4. The van der Waals surface area contributed by atoms with Crippen LogP contribution in [0, 0.1) is 11.6 Å². The lowest BCUT2D eigenvalue weighted by atomic mass is 9.94. The number of anilines is 1. The molecule has 1 saturated carbocycles. The van der Waals surface area contributed by atoms with Crippen LogP contribution in [0.3, 0.4) is 0 Å². The van der Waals surface area contributed by atoms with Gasteiger partial charge in [0.25, 0.3) is 0 Å². The van der Waals surface area contributed by atoms with Crippen molar-refractivity contribution in [3.8, 4) is 0 Å². The Labute approximate surface area is 133 Å². The molecule has 2 rings (SSSR count). The molecule has 0 unspecified atom stereocenters. The molecule has 3 N–H and O–H groups in total. The van der Waals surface area contributed by atoms with Crippen LogP contribution in [-0.4, -0.2) is 29.1 Å². The minimum absolute atomic E-state index is 0.0227. The quantitative estimate of drug-likeness (QED) is 0.588. The Morgan fingerprint density at radius 1 is 1.09 bits per heavy atom. The third-order valence-electron chi connectivity index (χ3n) is 4.00. The summed E-state index contributed by atoms with van der Waals surface area (Å²) in [4.78, 5) is 23.5. The molecule has 5 nitrogen and oxygen atoms in total. The highest BCUT2D eigenvalue weighted by atomic mass is 19.1. The lowest BCUT2D eigenvalue weighted by molar-refractivity contribution is -0.137. The first-order valence-corrected chi connectivity index (χ1v) is 7.66. The summed E-state index contributed by atoms with van der Waals surface area (Å²) in [5, 5.41) is 14.8. The van der Waals surface area contributed by atoms with E-state index in [4.69, 9.17) is 0 Å². The van der Waals surface area contributed by atoms with Gasteiger partial charge in [0.15, 0.2) is 0 Å². The molecule has 1 fully saturated rings. The third kappa shape index (κ3) is 4.99. The highest BCUT2D eigenvalue weighted by Crippen LogP contribution is 2.26. The van der Waals surface area contributed by atoms with Gasteiger partial charge < -0.3 is 15.7 Å². The summed E-state index contributed by atoms with van der Waals surface area (Å²) < 4.78 is 26.2. The number of aliphatic hydroxyl groups is 1. The van der Waals surface area contributed by atoms with Gasteiger partial charge in [-0.15, -0.1) is 0 Å². The molecule has 126 valence electrons. The predicted octanol–water partition coefficient (Wildman–Crippen LogP) is 2.10. The van der Waals surface area contributed by atoms with Gasteiger partial charge in [0.05, 0.1) is 11.3 Å². The van der Waals surface area contributed by atoms with Crippen molar-refractivity contribution >= 4 is 17.5 Å². The van der Waals surface area contributed by atoms with Gasteiger partial charge in [-0.1, -0.05) is 25.7 Å². The van der Waals surface area contributed by atoms with E-state index in [9.17, 15) is 23.5 Å². The van der Waals surface area contributed by atoms with E-state index in [1.165, 1.54) is 0 Å². The van der Waals surface area contributed by atoms with Crippen LogP contribution in [0.4, 0.5) is 14.5 Å². The fourth-order valence-corrected chi connectivity index (χ4v) is 2.66. The van der Waals surface area contributed by atoms with Gasteiger partial charge in [0, 0.05) is 12.6 Å². The number of hydrogen-bond acceptors (Lipinski definition) is 3. The molecular formula is C16H20F2N2O3. The summed E-state index contributed by atoms with van der Waals surface area (Å²) in [5.41, 5.74) is -1.28. The summed E-state index contributed by atoms with van der Waals surface area (Å²) in [7, 11) is 0. The summed E-state index contributed by atoms with van der Waals surface area (Å²) in [5.74, 6) is -3.77. The van der Waals surface area contributed by atoms with Crippen molar-refractivity contribution in [3.05, 3.63) is 29.8 Å². The molecule has 1 aromatic carbocycles. The Hall–Kier alpha value is -2.02. The third-order valence-corrected chi connectivity index (χ3v) is 4.00. The number of hydrogen-bond donors (Lipinski definition) is 3. The van der Waals surface area contributed by atoms with Gasteiger partial charge >= 0.3 is 11.8 Å². The van der Waals surface area contributed by atoms with Gasteiger partial charge in [-0.25, -0.2) is 8.78 Å². The normalized spacial score (nSPS) is 17.2. The highest BCUT2D eigenvalue weighted by molar-refractivity contribution is 6.39. The van der Waals surface area contributed by atoms with Crippen LogP contribution in [0.5, 0.6) is 0 Å². The molecule has 0 spiro atoms. The number of amides is 2. The van der Waals surface area contributed by atoms with Gasteiger partial charge in [-0.05, 0) is 25.0 Å². The second-order valence-corrected chi connectivity index (χ2v) is 5.90. The second-order valence-electron chi connectivity index (χ2n) is 5.90. The summed E-state index contributed by atoms with van der Waals surface area (Å²) in [6, 6.07) is 2.63. The van der Waals surface area contributed by atoms with Gasteiger partial charge in [0.2, 0.25) is 0 Å². The van der Waals surface area contributed by atoms with Crippen LogP contribution in [0.1, 0.15) is 38.5 Å². The molecule has 0 heterocycles. The lowest BCUT2D eigenvalue weighted by Gasteiger charge is -2.26. The molecule has 0 bridgehead atoms. The largest absolute Gasteiger partial charge is 0.388 e. The number of benzene rings is 1. The zero-order valence-electron chi connectivity index (χ0n) is 12.7. The first kappa shape index (κ1) is 17.3. The van der Waals surface area contributed by atoms with E-state index in [0.717, 1.165) is 37.8 Å². The number of carbonyl (C=O) groups excluding carboxylic acids is 2. The zero-order valence-corrected chi connectivity index (χ0v) is 12.7. The van der Waals surface area contributed by atoms with E-state index in [-0.39, 0.29) is 12.2 Å². The van der Waals surface area contributed by atoms with Crippen LogP contribution in [-0.2, 0) is 9.59 Å². The first-order valence-electron chi connectivity index (χ1n) is 7.66. The van der Waals surface area contributed by atoms with E-state index in [0.29, 0.717) is 18.9 Å². The standard InChI is InChI=1S/C16H20F2N2O3/c17-11-5-6-13(12(18)9-11)20-15(22)14(21)19-10-16(23)7-3-1-2-4-8-16/h5-6,9,23H,1-4,7-8,10H2,(H,19,21)(H,20,22). The minimum Gasteiger partial charge on any atom is -0.388 e. The molecule has 1 aliphatic rings. The fourth-order valence-electron chi connectivity index (χ4n) is 2.66. The van der Waals surface area contributed by atoms with E-state index in [1.54, 1.807) is 0 Å². The van der Waals surface area contributed by atoms with Crippen molar-refractivity contribution in [2.24, 2.45) is 0 Å². The molecule has 23 heavy (non-hydrogen) atoms. The Morgan fingerprint density at radius 2 is 1.74 bits per heavy atom. The number of rotatable bonds is 3. The molecule has 1 aliphatic carbocycles. The van der Waals surface area contributed by atoms with Crippen molar-refractivity contribution in [3.63, 3.8) is 0 Å². The average Bonchev–Trinajstić information content (AvgIpc) is 2.73. The van der Waals surface area contributed by atoms with Gasteiger partial charge in [0.1, 0.15) is 11.6 Å². The molecular weight excluding hydrogens is 306 g/mol. The van der Waals surface area contributed by atoms with Crippen molar-refractivity contribution in [2.45, 2.75) is 44.1 Å². The Bertz CT molecular complexity index is 585. The summed E-state index contributed by atoms with van der Waals surface area (Å²) in [6.45, 7) is -0.0227. The maximum Gasteiger partial charge on any atom is 0.313 e. The zero-order chi connectivity index (χ0) is 16.9.